The maximum Gasteiger partial charge on any atom is 0.410 e. The average Bonchev–Trinajstić information content (AvgIpc) is 2.67. The molecule has 1 atom stereocenters. The molecule has 1 aromatic heterocycles. The largest absolute Gasteiger partial charge is 0.444 e. The fraction of sp³-hybridized carbons (Fsp3) is 0.429. The maximum absolute atomic E-state index is 12.8. The number of benzene rings is 1. The van der Waals surface area contributed by atoms with E-state index in [1.807, 2.05) is 26.8 Å². The van der Waals surface area contributed by atoms with Gasteiger partial charge in [0, 0.05) is 30.4 Å². The zero-order valence-electron chi connectivity index (χ0n) is 17.5. The maximum atomic E-state index is 12.8. The van der Waals surface area contributed by atoms with E-state index in [1.54, 1.807) is 23.1 Å². The molecule has 2 aromatic rings. The van der Waals surface area contributed by atoms with E-state index in [4.69, 9.17) is 16.2 Å². The summed E-state index contributed by atoms with van der Waals surface area (Å²) >= 11 is 0. The van der Waals surface area contributed by atoms with Gasteiger partial charge in [0.25, 0.3) is 5.91 Å². The van der Waals surface area contributed by atoms with Gasteiger partial charge in [-0.05, 0) is 45.7 Å². The molecule has 9 heteroatoms. The summed E-state index contributed by atoms with van der Waals surface area (Å²) in [7, 11) is 0. The Morgan fingerprint density at radius 1 is 1.27 bits per heavy atom. The number of anilines is 2. The normalized spacial score (nSPS) is 16.8. The Balaban J connectivity index is 1.71. The molecule has 1 fully saturated rings. The molecule has 1 aliphatic rings. The van der Waals surface area contributed by atoms with Crippen LogP contribution in [0.3, 0.4) is 0 Å². The number of nitrogens with zero attached hydrogens (tertiary/aromatic N) is 3. The van der Waals surface area contributed by atoms with E-state index < -0.39 is 11.5 Å². The van der Waals surface area contributed by atoms with Crippen molar-refractivity contribution in [3.8, 4) is 11.3 Å². The first-order valence-corrected chi connectivity index (χ1v) is 9.89. The Morgan fingerprint density at radius 3 is 2.73 bits per heavy atom. The van der Waals surface area contributed by atoms with E-state index in [0.29, 0.717) is 24.5 Å². The molecule has 160 valence electrons. The molecule has 0 unspecified atom stereocenters. The van der Waals surface area contributed by atoms with Crippen LogP contribution in [0, 0.1) is 0 Å². The average molecular weight is 412 g/mol. The highest BCUT2D eigenvalue weighted by atomic mass is 16.6. The lowest BCUT2D eigenvalue weighted by Gasteiger charge is -2.34. The Bertz CT molecular complexity index is 941. The lowest BCUT2D eigenvalue weighted by Crippen LogP contribution is -2.50. The molecule has 1 aromatic carbocycles. The summed E-state index contributed by atoms with van der Waals surface area (Å²) in [4.78, 5) is 35.3. The van der Waals surface area contributed by atoms with Crippen LogP contribution >= 0.6 is 0 Å². The van der Waals surface area contributed by atoms with Gasteiger partial charge in [0.05, 0.1) is 11.9 Å². The topological polar surface area (TPSA) is 136 Å². The van der Waals surface area contributed by atoms with Crippen molar-refractivity contribution in [2.75, 3.05) is 24.6 Å². The Labute approximate surface area is 175 Å². The Hall–Kier alpha value is -3.36. The molecule has 2 amide bonds. The highest BCUT2D eigenvalue weighted by Crippen LogP contribution is 2.21. The van der Waals surface area contributed by atoms with Crippen molar-refractivity contribution in [1.29, 1.82) is 0 Å². The first-order valence-electron chi connectivity index (χ1n) is 9.89. The third kappa shape index (κ3) is 5.37. The van der Waals surface area contributed by atoms with Gasteiger partial charge in [0.15, 0.2) is 11.5 Å². The number of rotatable bonds is 3. The van der Waals surface area contributed by atoms with Crippen LogP contribution in [-0.2, 0) is 4.74 Å². The number of likely N-dealkylation sites (tertiary alicyclic amines) is 1. The van der Waals surface area contributed by atoms with Crippen LogP contribution in [0.1, 0.15) is 44.1 Å². The third-order valence-electron chi connectivity index (χ3n) is 4.61. The van der Waals surface area contributed by atoms with Crippen molar-refractivity contribution in [2.45, 2.75) is 45.3 Å². The zero-order valence-corrected chi connectivity index (χ0v) is 17.5. The summed E-state index contributed by atoms with van der Waals surface area (Å²) < 4.78 is 5.43. The number of nitrogen functional groups attached to an aromatic ring is 2. The molecule has 1 saturated heterocycles. The molecule has 0 bridgehead atoms. The number of carbonyl (C=O) groups excluding carboxylic acids is 2. The molecule has 0 aliphatic carbocycles. The monoisotopic (exact) mass is 412 g/mol. The SMILES string of the molecule is CC(C)(C)OC(=O)N1CCC[C@H](NC(=O)c2nc(-c3cccc(N)c3)cnc2N)C1. The van der Waals surface area contributed by atoms with Crippen LogP contribution in [-0.4, -0.2) is 51.6 Å². The van der Waals surface area contributed by atoms with Gasteiger partial charge in [-0.15, -0.1) is 0 Å². The van der Waals surface area contributed by atoms with Crippen molar-refractivity contribution < 1.29 is 14.3 Å². The van der Waals surface area contributed by atoms with Gasteiger partial charge in [-0.1, -0.05) is 12.1 Å². The van der Waals surface area contributed by atoms with E-state index in [1.165, 1.54) is 6.20 Å². The van der Waals surface area contributed by atoms with Crippen LogP contribution in [0.15, 0.2) is 30.5 Å². The summed E-state index contributed by atoms with van der Waals surface area (Å²) in [6.07, 6.45) is 2.62. The highest BCUT2D eigenvalue weighted by Gasteiger charge is 2.29. The number of hydrogen-bond donors (Lipinski definition) is 3. The Kier molecular flexibility index (Phi) is 6.09. The summed E-state index contributed by atoms with van der Waals surface area (Å²) in [5, 5.41) is 2.92. The molecule has 0 radical (unpaired) electrons. The van der Waals surface area contributed by atoms with Crippen LogP contribution in [0.5, 0.6) is 0 Å². The smallest absolute Gasteiger partial charge is 0.410 e. The fourth-order valence-electron chi connectivity index (χ4n) is 3.24. The van der Waals surface area contributed by atoms with Gasteiger partial charge >= 0.3 is 6.09 Å². The third-order valence-corrected chi connectivity index (χ3v) is 4.61. The number of amides is 2. The van der Waals surface area contributed by atoms with E-state index in [2.05, 4.69) is 15.3 Å². The first kappa shape index (κ1) is 21.4. The van der Waals surface area contributed by atoms with E-state index in [9.17, 15) is 9.59 Å². The molecule has 0 spiro atoms. The second-order valence-corrected chi connectivity index (χ2v) is 8.35. The summed E-state index contributed by atoms with van der Waals surface area (Å²) in [5.41, 5.74) is 13.0. The second kappa shape index (κ2) is 8.56. The number of nitrogens with two attached hydrogens (primary N) is 2. The molecule has 0 saturated carbocycles. The van der Waals surface area contributed by atoms with Gasteiger partial charge in [-0.2, -0.15) is 0 Å². The van der Waals surface area contributed by atoms with E-state index >= 15 is 0 Å². The van der Waals surface area contributed by atoms with Crippen molar-refractivity contribution in [3.05, 3.63) is 36.2 Å². The van der Waals surface area contributed by atoms with Gasteiger partial charge in [-0.3, -0.25) is 4.79 Å². The lowest BCUT2D eigenvalue weighted by molar-refractivity contribution is 0.0185. The minimum absolute atomic E-state index is 0.0416. The van der Waals surface area contributed by atoms with E-state index in [-0.39, 0.29) is 23.6 Å². The quantitative estimate of drug-likeness (QED) is 0.659. The second-order valence-electron chi connectivity index (χ2n) is 8.35. The predicted molar refractivity (Wildman–Crippen MR) is 115 cm³/mol. The molecular formula is C21H28N6O3. The highest BCUT2D eigenvalue weighted by molar-refractivity contribution is 5.97. The summed E-state index contributed by atoms with van der Waals surface area (Å²) in [6.45, 7) is 6.42. The van der Waals surface area contributed by atoms with Crippen LogP contribution in [0.25, 0.3) is 11.3 Å². The van der Waals surface area contributed by atoms with Crippen LogP contribution in [0.4, 0.5) is 16.3 Å². The van der Waals surface area contributed by atoms with Gasteiger partial charge in [0.1, 0.15) is 5.60 Å². The van der Waals surface area contributed by atoms with Crippen molar-refractivity contribution in [2.24, 2.45) is 0 Å². The van der Waals surface area contributed by atoms with Gasteiger partial charge < -0.3 is 26.4 Å². The van der Waals surface area contributed by atoms with Crippen LogP contribution < -0.4 is 16.8 Å². The molecule has 1 aliphatic heterocycles. The minimum Gasteiger partial charge on any atom is -0.444 e. The van der Waals surface area contributed by atoms with Crippen molar-refractivity contribution >= 4 is 23.5 Å². The van der Waals surface area contributed by atoms with Gasteiger partial charge in [0.2, 0.25) is 0 Å². The predicted octanol–water partition coefficient (Wildman–Crippen LogP) is 2.44. The number of nitrogens with one attached hydrogen (secondary N) is 1. The zero-order chi connectivity index (χ0) is 21.9. The molecule has 5 N–H and O–H groups in total. The number of hydrogen-bond acceptors (Lipinski definition) is 7. The number of piperidine rings is 1. The standard InChI is InChI=1S/C21H28N6O3/c1-21(2,3)30-20(29)27-9-5-8-15(12-27)25-19(28)17-18(23)24-11-16(26-17)13-6-4-7-14(22)10-13/h4,6-7,10-11,15H,5,8-9,12,22H2,1-3H3,(H2,23,24)(H,25,28)/t15-/m0/s1. The van der Waals surface area contributed by atoms with Crippen molar-refractivity contribution in [1.82, 2.24) is 20.2 Å². The van der Waals surface area contributed by atoms with Crippen molar-refractivity contribution in [3.63, 3.8) is 0 Å². The van der Waals surface area contributed by atoms with Gasteiger partial charge in [-0.25, -0.2) is 14.8 Å². The fourth-order valence-corrected chi connectivity index (χ4v) is 3.24. The molecular weight excluding hydrogens is 384 g/mol. The Morgan fingerprint density at radius 2 is 2.03 bits per heavy atom. The number of carbonyl (C=O) groups is 2. The summed E-state index contributed by atoms with van der Waals surface area (Å²) in [5.74, 6) is -0.387. The number of aromatic nitrogens is 2. The first-order chi connectivity index (χ1) is 14.1. The molecule has 9 nitrogen and oxygen atoms in total. The summed E-state index contributed by atoms with van der Waals surface area (Å²) in [6, 6.07) is 6.92. The molecule has 2 heterocycles. The molecule has 3 rings (SSSR count). The van der Waals surface area contributed by atoms with E-state index in [0.717, 1.165) is 18.4 Å². The van der Waals surface area contributed by atoms with Crippen LogP contribution in [0.2, 0.25) is 0 Å². The minimum atomic E-state index is -0.571. The molecule has 30 heavy (non-hydrogen) atoms. The number of ether oxygens (including phenoxy) is 1. The lowest BCUT2D eigenvalue weighted by atomic mass is 10.1.